The highest BCUT2D eigenvalue weighted by Crippen LogP contribution is 2.20. The van der Waals surface area contributed by atoms with Crippen LogP contribution in [-0.4, -0.2) is 22.6 Å². The summed E-state index contributed by atoms with van der Waals surface area (Å²) in [5.74, 6) is 0.418. The Labute approximate surface area is 101 Å². The third-order valence-corrected chi connectivity index (χ3v) is 2.35. The summed E-state index contributed by atoms with van der Waals surface area (Å²) in [5.41, 5.74) is 0. The Bertz CT molecular complexity index is 385. The Kier molecular flexibility index (Phi) is 5.26. The molecule has 0 aliphatic carbocycles. The van der Waals surface area contributed by atoms with Gasteiger partial charge in [0.05, 0.1) is 19.4 Å². The van der Waals surface area contributed by atoms with Crippen LogP contribution in [0.3, 0.4) is 0 Å². The van der Waals surface area contributed by atoms with E-state index in [-0.39, 0.29) is 6.10 Å². The first-order valence-electron chi connectivity index (χ1n) is 5.56. The van der Waals surface area contributed by atoms with Crippen LogP contribution in [0.4, 0.5) is 0 Å². The maximum absolute atomic E-state index is 10.9. The highest BCUT2D eigenvalue weighted by Gasteiger charge is 2.14. The number of hydrogen-bond acceptors (Lipinski definition) is 4. The minimum Gasteiger partial charge on any atom is -0.490 e. The minimum atomic E-state index is -0.430. The molecule has 5 heteroatoms. The number of nitrogens with zero attached hydrogens (tertiary/aromatic N) is 2. The topological polar surface area (TPSA) is 53.4 Å². The van der Waals surface area contributed by atoms with Crippen LogP contribution < -0.4 is 0 Å². The van der Waals surface area contributed by atoms with E-state index in [1.54, 1.807) is 6.20 Å². The molecule has 0 radical (unpaired) electrons. The molecular weight excluding hydrogens is 220 g/mol. The second-order valence-corrected chi connectivity index (χ2v) is 3.64. The molecule has 1 rings (SSSR count). The number of esters is 1. The summed E-state index contributed by atoms with van der Waals surface area (Å²) in [6.45, 7) is 2.07. The van der Waals surface area contributed by atoms with Gasteiger partial charge in [-0.15, -0.1) is 0 Å². The number of hydrogen-bond donors (Lipinski definition) is 0. The highest BCUT2D eigenvalue weighted by molar-refractivity contribution is 5.81. The highest BCUT2D eigenvalue weighted by atomic mass is 16.5. The molecule has 0 aliphatic rings. The van der Waals surface area contributed by atoms with E-state index < -0.39 is 5.97 Å². The summed E-state index contributed by atoms with van der Waals surface area (Å²) < 4.78 is 11.9. The Morgan fingerprint density at radius 3 is 2.94 bits per heavy atom. The zero-order valence-corrected chi connectivity index (χ0v) is 10.4. The molecule has 5 nitrogen and oxygen atoms in total. The molecule has 17 heavy (non-hydrogen) atoms. The fraction of sp³-hybridized carbons (Fsp3) is 0.500. The monoisotopic (exact) mass is 238 g/mol. The average Bonchev–Trinajstić information content (AvgIpc) is 2.74. The molecule has 0 spiro atoms. The molecule has 0 aliphatic heterocycles. The summed E-state index contributed by atoms with van der Waals surface area (Å²) in [5, 5.41) is 0. The van der Waals surface area contributed by atoms with Gasteiger partial charge in [0.1, 0.15) is 5.82 Å². The van der Waals surface area contributed by atoms with Crippen LogP contribution in [0.15, 0.2) is 24.7 Å². The van der Waals surface area contributed by atoms with E-state index in [9.17, 15) is 4.79 Å². The van der Waals surface area contributed by atoms with Crippen LogP contribution in [0, 0.1) is 0 Å². The Morgan fingerprint density at radius 2 is 2.41 bits per heavy atom. The van der Waals surface area contributed by atoms with Gasteiger partial charge in [-0.3, -0.25) is 0 Å². The largest absolute Gasteiger partial charge is 0.490 e. The minimum absolute atomic E-state index is 0.138. The van der Waals surface area contributed by atoms with Crippen LogP contribution in [0.25, 0.3) is 0 Å². The lowest BCUT2D eigenvalue weighted by Gasteiger charge is -2.15. The van der Waals surface area contributed by atoms with Crippen molar-refractivity contribution in [1.29, 1.82) is 0 Å². The number of aryl methyl sites for hydroxylation is 1. The summed E-state index contributed by atoms with van der Waals surface area (Å²) in [6.07, 6.45) is 7.89. The van der Waals surface area contributed by atoms with Crippen molar-refractivity contribution >= 4 is 5.97 Å². The van der Waals surface area contributed by atoms with E-state index in [4.69, 9.17) is 4.74 Å². The Balaban J connectivity index is 2.64. The predicted molar refractivity (Wildman–Crippen MR) is 63.1 cm³/mol. The van der Waals surface area contributed by atoms with Crippen molar-refractivity contribution in [2.45, 2.75) is 25.9 Å². The van der Waals surface area contributed by atoms with Crippen LogP contribution in [0.1, 0.15) is 31.7 Å². The molecule has 1 aromatic rings. The van der Waals surface area contributed by atoms with E-state index in [2.05, 4.69) is 16.6 Å². The molecular formula is C12H18N2O3. The molecule has 0 N–H and O–H groups in total. The third-order valence-electron chi connectivity index (χ3n) is 2.35. The number of imidazole rings is 1. The molecule has 0 saturated carbocycles. The van der Waals surface area contributed by atoms with Crippen molar-refractivity contribution in [1.82, 2.24) is 9.55 Å². The van der Waals surface area contributed by atoms with Crippen LogP contribution in [-0.2, 0) is 21.3 Å². The van der Waals surface area contributed by atoms with Gasteiger partial charge in [-0.1, -0.05) is 13.3 Å². The number of aromatic nitrogens is 2. The molecule has 1 aromatic heterocycles. The van der Waals surface area contributed by atoms with Crippen molar-refractivity contribution in [2.24, 2.45) is 7.05 Å². The lowest BCUT2D eigenvalue weighted by atomic mass is 10.2. The quantitative estimate of drug-likeness (QED) is 0.432. The van der Waals surface area contributed by atoms with Gasteiger partial charge in [0.15, 0.2) is 6.10 Å². The maximum Gasteiger partial charge on any atom is 0.333 e. The van der Waals surface area contributed by atoms with Crippen LogP contribution >= 0.6 is 0 Å². The number of ether oxygens (including phenoxy) is 2. The van der Waals surface area contributed by atoms with Crippen molar-refractivity contribution in [3.05, 3.63) is 30.6 Å². The second-order valence-electron chi connectivity index (χ2n) is 3.64. The normalized spacial score (nSPS) is 12.6. The standard InChI is InChI=1S/C12H18N2O3/c1-4-5-10(12-13-7-8-14(12)2)17-9-6-11(15)16-3/h6-10H,4-5H2,1-3H3/b9-6+. The second kappa shape index (κ2) is 6.73. The predicted octanol–water partition coefficient (Wildman–Crippen LogP) is 1.96. The zero-order valence-electron chi connectivity index (χ0n) is 10.4. The number of carbonyl (C=O) groups is 1. The van der Waals surface area contributed by atoms with Crippen molar-refractivity contribution in [2.75, 3.05) is 7.11 Å². The Morgan fingerprint density at radius 1 is 1.65 bits per heavy atom. The van der Waals surface area contributed by atoms with E-state index in [1.807, 2.05) is 17.8 Å². The van der Waals surface area contributed by atoms with Gasteiger partial charge in [-0.25, -0.2) is 9.78 Å². The first kappa shape index (κ1) is 13.3. The number of methoxy groups -OCH3 is 1. The van der Waals surface area contributed by atoms with Crippen LogP contribution in [0.2, 0.25) is 0 Å². The van der Waals surface area contributed by atoms with Gasteiger partial charge in [-0.05, 0) is 6.42 Å². The van der Waals surface area contributed by atoms with Crippen LogP contribution in [0.5, 0.6) is 0 Å². The van der Waals surface area contributed by atoms with Gasteiger partial charge in [0, 0.05) is 19.4 Å². The molecule has 0 amide bonds. The molecule has 0 saturated heterocycles. The smallest absolute Gasteiger partial charge is 0.333 e. The summed E-state index contributed by atoms with van der Waals surface area (Å²) >= 11 is 0. The van der Waals surface area contributed by atoms with E-state index in [0.29, 0.717) is 0 Å². The summed E-state index contributed by atoms with van der Waals surface area (Å²) in [4.78, 5) is 15.1. The zero-order chi connectivity index (χ0) is 12.7. The SMILES string of the molecule is CCCC(O/C=C/C(=O)OC)c1nccn1C. The van der Waals surface area contributed by atoms with Gasteiger partial charge in [-0.2, -0.15) is 0 Å². The van der Waals surface area contributed by atoms with Crippen molar-refractivity contribution in [3.8, 4) is 0 Å². The van der Waals surface area contributed by atoms with Gasteiger partial charge >= 0.3 is 5.97 Å². The van der Waals surface area contributed by atoms with E-state index >= 15 is 0 Å². The fourth-order valence-corrected chi connectivity index (χ4v) is 1.47. The van der Waals surface area contributed by atoms with E-state index in [1.165, 1.54) is 19.4 Å². The fourth-order valence-electron chi connectivity index (χ4n) is 1.47. The Hall–Kier alpha value is -1.78. The van der Waals surface area contributed by atoms with Crippen molar-refractivity contribution < 1.29 is 14.3 Å². The van der Waals surface area contributed by atoms with Crippen molar-refractivity contribution in [3.63, 3.8) is 0 Å². The average molecular weight is 238 g/mol. The molecule has 1 heterocycles. The lowest BCUT2D eigenvalue weighted by Crippen LogP contribution is -2.08. The first-order chi connectivity index (χ1) is 8.19. The first-order valence-corrected chi connectivity index (χ1v) is 5.56. The summed E-state index contributed by atoms with van der Waals surface area (Å²) in [6, 6.07) is 0. The maximum atomic E-state index is 10.9. The molecule has 0 fully saturated rings. The lowest BCUT2D eigenvalue weighted by molar-refractivity contribution is -0.135. The van der Waals surface area contributed by atoms with Gasteiger partial charge in [0.2, 0.25) is 0 Å². The van der Waals surface area contributed by atoms with Gasteiger partial charge in [0.25, 0.3) is 0 Å². The molecule has 1 atom stereocenters. The molecule has 0 bridgehead atoms. The molecule has 1 unspecified atom stereocenters. The van der Waals surface area contributed by atoms with Gasteiger partial charge < -0.3 is 14.0 Å². The summed E-state index contributed by atoms with van der Waals surface area (Å²) in [7, 11) is 3.24. The third kappa shape index (κ3) is 3.94. The van der Waals surface area contributed by atoms with E-state index in [0.717, 1.165) is 18.7 Å². The molecule has 0 aromatic carbocycles. The number of rotatable bonds is 6. The molecule has 94 valence electrons. The number of carbonyl (C=O) groups excluding carboxylic acids is 1.